The number of aliphatic hydroxyl groups excluding tert-OH is 1. The van der Waals surface area contributed by atoms with Gasteiger partial charge in [0, 0.05) is 43.9 Å². The van der Waals surface area contributed by atoms with Crippen LogP contribution in [0, 0.1) is 0 Å². The predicted octanol–water partition coefficient (Wildman–Crippen LogP) is 1.46. The summed E-state index contributed by atoms with van der Waals surface area (Å²) in [6, 6.07) is 0.397. The van der Waals surface area contributed by atoms with Crippen LogP contribution in [0.1, 0.15) is 55.9 Å². The van der Waals surface area contributed by atoms with E-state index in [1.165, 1.54) is 5.56 Å². The highest BCUT2D eigenvalue weighted by atomic mass is 16.3. The minimum absolute atomic E-state index is 0.0612. The number of piperidine rings is 1. The van der Waals surface area contributed by atoms with Crippen molar-refractivity contribution < 1.29 is 5.11 Å². The van der Waals surface area contributed by atoms with Gasteiger partial charge in [-0.25, -0.2) is 0 Å². The standard InChI is InChI=1S/C16H26N6O/c1-12(2)22-9-13(7-17-22)8-21-6-4-5-14(10-21)16-19-18-15(11-23)20(16)3/h7,9,12,14,23H,4-6,8,10-11H2,1-3H3/t14-/m0/s1. The summed E-state index contributed by atoms with van der Waals surface area (Å²) in [4.78, 5) is 2.46. The first kappa shape index (κ1) is 16.1. The Balaban J connectivity index is 1.66. The van der Waals surface area contributed by atoms with Crippen molar-refractivity contribution in [2.75, 3.05) is 13.1 Å². The Morgan fingerprint density at radius 2 is 2.17 bits per heavy atom. The molecule has 1 N–H and O–H groups in total. The fraction of sp³-hybridized carbons (Fsp3) is 0.688. The van der Waals surface area contributed by atoms with E-state index >= 15 is 0 Å². The van der Waals surface area contributed by atoms with Gasteiger partial charge in [0.1, 0.15) is 12.4 Å². The van der Waals surface area contributed by atoms with Crippen molar-refractivity contribution in [3.05, 3.63) is 29.6 Å². The number of nitrogens with zero attached hydrogens (tertiary/aromatic N) is 6. The van der Waals surface area contributed by atoms with E-state index in [0.717, 1.165) is 38.3 Å². The van der Waals surface area contributed by atoms with Crippen LogP contribution < -0.4 is 0 Å². The third kappa shape index (κ3) is 3.45. The summed E-state index contributed by atoms with van der Waals surface area (Å²) in [6.07, 6.45) is 6.39. The zero-order valence-corrected chi connectivity index (χ0v) is 14.2. The van der Waals surface area contributed by atoms with Gasteiger partial charge in [-0.2, -0.15) is 5.10 Å². The average Bonchev–Trinajstić information content (AvgIpc) is 3.14. The molecule has 7 heteroatoms. The van der Waals surface area contributed by atoms with Crippen LogP contribution in [0.5, 0.6) is 0 Å². The van der Waals surface area contributed by atoms with Crippen molar-refractivity contribution in [3.8, 4) is 0 Å². The molecule has 7 nitrogen and oxygen atoms in total. The molecule has 1 atom stereocenters. The van der Waals surface area contributed by atoms with E-state index in [0.29, 0.717) is 17.8 Å². The number of likely N-dealkylation sites (tertiary alicyclic amines) is 1. The average molecular weight is 318 g/mol. The second-order valence-electron chi connectivity index (χ2n) is 6.69. The molecule has 2 aromatic rings. The van der Waals surface area contributed by atoms with Crippen LogP contribution in [-0.4, -0.2) is 47.6 Å². The minimum Gasteiger partial charge on any atom is -0.388 e. The molecule has 3 rings (SSSR count). The molecule has 0 aliphatic carbocycles. The summed E-state index contributed by atoms with van der Waals surface area (Å²) in [5.41, 5.74) is 1.26. The van der Waals surface area contributed by atoms with Gasteiger partial charge in [-0.3, -0.25) is 9.58 Å². The summed E-state index contributed by atoms with van der Waals surface area (Å²) in [5, 5.41) is 22.1. The number of aliphatic hydroxyl groups is 1. The molecule has 1 aliphatic rings. The highest BCUT2D eigenvalue weighted by Gasteiger charge is 2.26. The fourth-order valence-electron chi connectivity index (χ4n) is 3.28. The number of hydrogen-bond donors (Lipinski definition) is 1. The van der Waals surface area contributed by atoms with Crippen molar-refractivity contribution in [1.82, 2.24) is 29.4 Å². The van der Waals surface area contributed by atoms with E-state index in [4.69, 9.17) is 0 Å². The molecule has 0 amide bonds. The van der Waals surface area contributed by atoms with Crippen molar-refractivity contribution in [3.63, 3.8) is 0 Å². The summed E-state index contributed by atoms with van der Waals surface area (Å²) < 4.78 is 3.94. The number of aromatic nitrogens is 5. The van der Waals surface area contributed by atoms with E-state index in [9.17, 15) is 5.11 Å². The highest BCUT2D eigenvalue weighted by molar-refractivity contribution is 5.07. The molecule has 126 valence electrons. The molecule has 0 spiro atoms. The van der Waals surface area contributed by atoms with Crippen LogP contribution in [0.25, 0.3) is 0 Å². The first-order valence-electron chi connectivity index (χ1n) is 8.33. The van der Waals surface area contributed by atoms with Gasteiger partial charge >= 0.3 is 0 Å². The lowest BCUT2D eigenvalue weighted by molar-refractivity contribution is 0.194. The highest BCUT2D eigenvalue weighted by Crippen LogP contribution is 2.26. The maximum absolute atomic E-state index is 9.28. The van der Waals surface area contributed by atoms with Crippen LogP contribution in [-0.2, 0) is 20.2 Å². The Hall–Kier alpha value is -1.73. The molecule has 0 aromatic carbocycles. The Kier molecular flexibility index (Phi) is 4.77. The van der Waals surface area contributed by atoms with Crippen LogP contribution in [0.2, 0.25) is 0 Å². The topological polar surface area (TPSA) is 72.0 Å². The SMILES string of the molecule is CC(C)n1cc(CN2CCC[C@H](c3nnc(CO)n3C)C2)cn1. The smallest absolute Gasteiger partial charge is 0.158 e. The molecule has 0 unspecified atom stereocenters. The second kappa shape index (κ2) is 6.80. The normalized spacial score (nSPS) is 19.6. The molecule has 2 aromatic heterocycles. The van der Waals surface area contributed by atoms with E-state index in [1.54, 1.807) is 0 Å². The Morgan fingerprint density at radius 3 is 2.83 bits per heavy atom. The van der Waals surface area contributed by atoms with Gasteiger partial charge < -0.3 is 9.67 Å². The molecule has 1 saturated heterocycles. The first-order valence-corrected chi connectivity index (χ1v) is 8.33. The molecule has 0 bridgehead atoms. The van der Waals surface area contributed by atoms with Crippen molar-refractivity contribution in [2.24, 2.45) is 7.05 Å². The van der Waals surface area contributed by atoms with Crippen molar-refractivity contribution in [2.45, 2.75) is 51.8 Å². The lowest BCUT2D eigenvalue weighted by Crippen LogP contribution is -2.34. The maximum atomic E-state index is 9.28. The quantitative estimate of drug-likeness (QED) is 0.904. The second-order valence-corrected chi connectivity index (χ2v) is 6.69. The summed E-state index contributed by atoms with van der Waals surface area (Å²) in [6.45, 7) is 7.22. The van der Waals surface area contributed by atoms with Crippen LogP contribution >= 0.6 is 0 Å². The monoisotopic (exact) mass is 318 g/mol. The third-order valence-electron chi connectivity index (χ3n) is 4.60. The molecule has 1 aliphatic heterocycles. The molecule has 23 heavy (non-hydrogen) atoms. The van der Waals surface area contributed by atoms with Gasteiger partial charge in [0.15, 0.2) is 5.82 Å². The number of rotatable bonds is 5. The summed E-state index contributed by atoms with van der Waals surface area (Å²) in [5.74, 6) is 1.99. The molecular formula is C16H26N6O. The van der Waals surface area contributed by atoms with Crippen LogP contribution in [0.4, 0.5) is 0 Å². The molecule has 0 saturated carbocycles. The zero-order chi connectivity index (χ0) is 16.4. The zero-order valence-electron chi connectivity index (χ0n) is 14.2. The Labute approximate surface area is 136 Å². The lowest BCUT2D eigenvalue weighted by Gasteiger charge is -2.31. The third-order valence-corrected chi connectivity index (χ3v) is 4.60. The molecule has 0 radical (unpaired) electrons. The summed E-state index contributed by atoms with van der Waals surface area (Å²) in [7, 11) is 1.94. The summed E-state index contributed by atoms with van der Waals surface area (Å²) >= 11 is 0. The van der Waals surface area contributed by atoms with E-state index < -0.39 is 0 Å². The van der Waals surface area contributed by atoms with Gasteiger partial charge in [-0.05, 0) is 33.2 Å². The lowest BCUT2D eigenvalue weighted by atomic mass is 9.97. The number of hydrogen-bond acceptors (Lipinski definition) is 5. The van der Waals surface area contributed by atoms with Crippen LogP contribution in [0.15, 0.2) is 12.4 Å². The van der Waals surface area contributed by atoms with E-state index in [1.807, 2.05) is 22.5 Å². The molecule has 3 heterocycles. The van der Waals surface area contributed by atoms with Crippen LogP contribution in [0.3, 0.4) is 0 Å². The minimum atomic E-state index is -0.0612. The Bertz CT molecular complexity index is 647. The molecule has 1 fully saturated rings. The van der Waals surface area contributed by atoms with Gasteiger partial charge in [0.2, 0.25) is 0 Å². The van der Waals surface area contributed by atoms with E-state index in [-0.39, 0.29) is 6.61 Å². The van der Waals surface area contributed by atoms with E-state index in [2.05, 4.69) is 40.2 Å². The van der Waals surface area contributed by atoms with Gasteiger partial charge in [-0.15, -0.1) is 10.2 Å². The largest absolute Gasteiger partial charge is 0.388 e. The van der Waals surface area contributed by atoms with Crippen molar-refractivity contribution in [1.29, 1.82) is 0 Å². The maximum Gasteiger partial charge on any atom is 0.158 e. The van der Waals surface area contributed by atoms with Gasteiger partial charge in [0.05, 0.1) is 6.20 Å². The van der Waals surface area contributed by atoms with Gasteiger partial charge in [-0.1, -0.05) is 0 Å². The van der Waals surface area contributed by atoms with Gasteiger partial charge in [0.25, 0.3) is 0 Å². The van der Waals surface area contributed by atoms with Crippen molar-refractivity contribution >= 4 is 0 Å². The predicted molar refractivity (Wildman–Crippen MR) is 86.8 cm³/mol. The fourth-order valence-corrected chi connectivity index (χ4v) is 3.28. The first-order chi connectivity index (χ1) is 11.1. The molecular weight excluding hydrogens is 292 g/mol. The Morgan fingerprint density at radius 1 is 1.35 bits per heavy atom.